The molecule has 2 aromatic rings. The number of ether oxygens (including phenoxy) is 1. The summed E-state index contributed by atoms with van der Waals surface area (Å²) in [6, 6.07) is 8.84. The van der Waals surface area contributed by atoms with Crippen LogP contribution in [0.3, 0.4) is 0 Å². The zero-order valence-corrected chi connectivity index (χ0v) is 16.0. The summed E-state index contributed by atoms with van der Waals surface area (Å²) in [5, 5.41) is 0. The fourth-order valence-electron chi connectivity index (χ4n) is 2.88. The van der Waals surface area contributed by atoms with Gasteiger partial charge in [-0.2, -0.15) is 0 Å². The van der Waals surface area contributed by atoms with E-state index in [0.717, 1.165) is 17.5 Å². The highest BCUT2D eigenvalue weighted by Gasteiger charge is 2.23. The highest BCUT2D eigenvalue weighted by molar-refractivity contribution is 7.90. The highest BCUT2D eigenvalue weighted by Crippen LogP contribution is 2.30. The van der Waals surface area contributed by atoms with Crippen LogP contribution in [0.2, 0.25) is 0 Å². The van der Waals surface area contributed by atoms with E-state index >= 15 is 0 Å². The van der Waals surface area contributed by atoms with Crippen molar-refractivity contribution in [3.63, 3.8) is 0 Å². The minimum absolute atomic E-state index is 0.169. The monoisotopic (exact) mass is 362 g/mol. The summed E-state index contributed by atoms with van der Waals surface area (Å²) in [6.07, 6.45) is 5.31. The fraction of sp³-hybridized carbons (Fsp3) is 0.421. The molecule has 1 heterocycles. The number of benzene rings is 1. The quantitative estimate of drug-likeness (QED) is 0.817. The largest absolute Gasteiger partial charge is 0.490 e. The van der Waals surface area contributed by atoms with Crippen LogP contribution in [0, 0.1) is 5.92 Å². The van der Waals surface area contributed by atoms with Crippen molar-refractivity contribution in [2.24, 2.45) is 11.7 Å². The van der Waals surface area contributed by atoms with E-state index in [9.17, 15) is 8.42 Å². The molecule has 0 aliphatic heterocycles. The Bertz CT molecular complexity index is 816. The zero-order valence-electron chi connectivity index (χ0n) is 15.2. The van der Waals surface area contributed by atoms with Crippen molar-refractivity contribution < 1.29 is 13.2 Å². The van der Waals surface area contributed by atoms with Gasteiger partial charge in [-0.3, -0.25) is 4.98 Å². The fourth-order valence-corrected chi connectivity index (χ4v) is 3.71. The molecule has 0 spiro atoms. The lowest BCUT2D eigenvalue weighted by Gasteiger charge is -2.27. The van der Waals surface area contributed by atoms with Crippen LogP contribution in [-0.2, 0) is 9.84 Å². The van der Waals surface area contributed by atoms with Crippen LogP contribution < -0.4 is 10.5 Å². The number of sulfone groups is 1. The number of aromatic nitrogens is 1. The predicted molar refractivity (Wildman–Crippen MR) is 100 cm³/mol. The van der Waals surface area contributed by atoms with Crippen LogP contribution in [0.25, 0.3) is 11.1 Å². The molecule has 0 bridgehead atoms. The summed E-state index contributed by atoms with van der Waals surface area (Å²) in [6.45, 7) is 6.36. The Labute approximate surface area is 150 Å². The Balaban J connectivity index is 2.33. The standard InChI is InChI=1S/C19H26N2O3S/c1-14(2)12-19(3,20)13-24-17-6-5-16(11-18(17)25(4,22)23)15-7-9-21-10-8-15/h5-11,14H,12-13,20H2,1-4H3. The summed E-state index contributed by atoms with van der Waals surface area (Å²) in [4.78, 5) is 4.15. The molecule has 0 saturated carbocycles. The Hall–Kier alpha value is -1.92. The molecule has 0 saturated heterocycles. The molecule has 1 aromatic carbocycles. The van der Waals surface area contributed by atoms with Gasteiger partial charge in [-0.25, -0.2) is 8.42 Å². The van der Waals surface area contributed by atoms with Gasteiger partial charge in [-0.15, -0.1) is 0 Å². The third kappa shape index (κ3) is 5.54. The van der Waals surface area contributed by atoms with Crippen LogP contribution in [0.5, 0.6) is 5.75 Å². The number of nitrogens with zero attached hydrogens (tertiary/aromatic N) is 1. The van der Waals surface area contributed by atoms with Gasteiger partial charge in [0.1, 0.15) is 17.3 Å². The second-order valence-electron chi connectivity index (χ2n) is 7.21. The molecule has 0 radical (unpaired) electrons. The van der Waals surface area contributed by atoms with Crippen molar-refractivity contribution in [3.05, 3.63) is 42.7 Å². The molecule has 6 heteroatoms. The Morgan fingerprint density at radius 1 is 1.16 bits per heavy atom. The SMILES string of the molecule is CC(C)CC(C)(N)COc1ccc(-c2ccncc2)cc1S(C)(=O)=O. The van der Waals surface area contributed by atoms with Crippen molar-refractivity contribution in [1.29, 1.82) is 0 Å². The van der Waals surface area contributed by atoms with E-state index in [1.54, 1.807) is 24.5 Å². The van der Waals surface area contributed by atoms with Gasteiger partial charge in [0.2, 0.25) is 0 Å². The maximum atomic E-state index is 12.2. The van der Waals surface area contributed by atoms with E-state index in [1.165, 1.54) is 6.26 Å². The van der Waals surface area contributed by atoms with Crippen molar-refractivity contribution in [1.82, 2.24) is 4.98 Å². The summed E-state index contributed by atoms with van der Waals surface area (Å²) < 4.78 is 30.2. The van der Waals surface area contributed by atoms with Crippen molar-refractivity contribution in [3.8, 4) is 16.9 Å². The lowest BCUT2D eigenvalue weighted by molar-refractivity contribution is 0.203. The van der Waals surface area contributed by atoms with Crippen LogP contribution in [0.15, 0.2) is 47.6 Å². The lowest BCUT2D eigenvalue weighted by Crippen LogP contribution is -2.43. The molecule has 1 aromatic heterocycles. The van der Waals surface area contributed by atoms with Crippen molar-refractivity contribution in [2.45, 2.75) is 37.6 Å². The summed E-state index contributed by atoms with van der Waals surface area (Å²) in [5.41, 5.74) is 7.44. The second kappa shape index (κ2) is 7.54. The first-order valence-electron chi connectivity index (χ1n) is 8.25. The first-order valence-corrected chi connectivity index (χ1v) is 10.1. The Morgan fingerprint density at radius 3 is 2.36 bits per heavy atom. The topological polar surface area (TPSA) is 82.3 Å². The Kier molecular flexibility index (Phi) is 5.85. The smallest absolute Gasteiger partial charge is 0.179 e. The molecule has 5 nitrogen and oxygen atoms in total. The zero-order chi connectivity index (χ0) is 18.7. The molecule has 136 valence electrons. The van der Waals surface area contributed by atoms with E-state index in [4.69, 9.17) is 10.5 Å². The van der Waals surface area contributed by atoms with Gasteiger partial charge in [0.15, 0.2) is 9.84 Å². The molecule has 2 rings (SSSR count). The number of hydrogen-bond donors (Lipinski definition) is 1. The molecule has 0 aliphatic carbocycles. The van der Waals surface area contributed by atoms with Gasteiger partial charge in [0.25, 0.3) is 0 Å². The molecular weight excluding hydrogens is 336 g/mol. The highest BCUT2D eigenvalue weighted by atomic mass is 32.2. The third-order valence-electron chi connectivity index (χ3n) is 3.79. The average molecular weight is 362 g/mol. The van der Waals surface area contributed by atoms with Gasteiger partial charge >= 0.3 is 0 Å². The van der Waals surface area contributed by atoms with Crippen LogP contribution in [-0.4, -0.2) is 31.8 Å². The first kappa shape index (κ1) is 19.4. The van der Waals surface area contributed by atoms with Crippen LogP contribution in [0.4, 0.5) is 0 Å². The third-order valence-corrected chi connectivity index (χ3v) is 4.91. The van der Waals surface area contributed by atoms with E-state index in [-0.39, 0.29) is 11.5 Å². The summed E-state index contributed by atoms with van der Waals surface area (Å²) in [5.74, 6) is 0.766. The van der Waals surface area contributed by atoms with Gasteiger partial charge in [0, 0.05) is 24.2 Å². The number of hydrogen-bond acceptors (Lipinski definition) is 5. The molecule has 1 atom stereocenters. The average Bonchev–Trinajstić information content (AvgIpc) is 2.51. The summed E-state index contributed by atoms with van der Waals surface area (Å²) >= 11 is 0. The molecule has 1 unspecified atom stereocenters. The van der Waals surface area contributed by atoms with Gasteiger partial charge in [0.05, 0.1) is 0 Å². The minimum Gasteiger partial charge on any atom is -0.490 e. The van der Waals surface area contributed by atoms with E-state index in [1.807, 2.05) is 25.1 Å². The van der Waals surface area contributed by atoms with Crippen LogP contribution in [0.1, 0.15) is 27.2 Å². The van der Waals surface area contributed by atoms with Gasteiger partial charge < -0.3 is 10.5 Å². The van der Waals surface area contributed by atoms with Crippen molar-refractivity contribution in [2.75, 3.05) is 12.9 Å². The van der Waals surface area contributed by atoms with Crippen LogP contribution >= 0.6 is 0 Å². The van der Waals surface area contributed by atoms with Crippen molar-refractivity contribution >= 4 is 9.84 Å². The lowest BCUT2D eigenvalue weighted by atomic mass is 9.93. The molecule has 0 amide bonds. The molecular formula is C19H26N2O3S. The molecule has 0 fully saturated rings. The van der Waals surface area contributed by atoms with Gasteiger partial charge in [-0.05, 0) is 54.7 Å². The number of rotatable bonds is 7. The first-order chi connectivity index (χ1) is 11.6. The van der Waals surface area contributed by atoms with E-state index in [2.05, 4.69) is 18.8 Å². The predicted octanol–water partition coefficient (Wildman–Crippen LogP) is 3.29. The maximum absolute atomic E-state index is 12.2. The minimum atomic E-state index is -3.44. The van der Waals surface area contributed by atoms with Gasteiger partial charge in [-0.1, -0.05) is 19.9 Å². The second-order valence-corrected chi connectivity index (χ2v) is 9.19. The molecule has 25 heavy (non-hydrogen) atoms. The Morgan fingerprint density at radius 2 is 1.80 bits per heavy atom. The summed E-state index contributed by atoms with van der Waals surface area (Å²) in [7, 11) is -3.44. The number of nitrogens with two attached hydrogens (primary N) is 1. The van der Waals surface area contributed by atoms with E-state index in [0.29, 0.717) is 11.7 Å². The molecule has 2 N–H and O–H groups in total. The molecule has 0 aliphatic rings. The normalized spacial score (nSPS) is 14.3. The number of pyridine rings is 1. The maximum Gasteiger partial charge on any atom is 0.179 e. The van der Waals surface area contributed by atoms with E-state index < -0.39 is 15.4 Å².